The number of allylic oxidation sites excluding steroid dienone is 1. The number of fused-ring (bicyclic) bond motifs is 1. The van der Waals surface area contributed by atoms with Crippen molar-refractivity contribution in [3.63, 3.8) is 0 Å². The number of benzene rings is 2. The van der Waals surface area contributed by atoms with Gasteiger partial charge in [-0.1, -0.05) is 23.9 Å². The molecule has 4 rings (SSSR count). The minimum Gasteiger partial charge on any atom is -0.344 e. The van der Waals surface area contributed by atoms with Gasteiger partial charge in [0.15, 0.2) is 0 Å². The summed E-state index contributed by atoms with van der Waals surface area (Å²) < 4.78 is 13.2. The number of carbonyl (C=O) groups excluding carboxylic acids is 1. The van der Waals surface area contributed by atoms with Crippen molar-refractivity contribution in [3.8, 4) is 6.07 Å². The maximum atomic E-state index is 13.2. The maximum absolute atomic E-state index is 13.2. The van der Waals surface area contributed by atoms with E-state index in [1.54, 1.807) is 29.2 Å². The molecule has 0 N–H and O–H groups in total. The second kappa shape index (κ2) is 7.56. The highest BCUT2D eigenvalue weighted by atomic mass is 32.2. The summed E-state index contributed by atoms with van der Waals surface area (Å²) in [6.07, 6.45) is 0.113. The van der Waals surface area contributed by atoms with Gasteiger partial charge in [0.2, 0.25) is 5.91 Å². The highest BCUT2D eigenvalue weighted by molar-refractivity contribution is 8.03. The average molecular weight is 410 g/mol. The van der Waals surface area contributed by atoms with Crippen molar-refractivity contribution in [2.45, 2.75) is 12.3 Å². The predicted molar refractivity (Wildman–Crippen MR) is 106 cm³/mol. The average Bonchev–Trinajstić information content (AvgIpc) is 2.74. The Kier molecular flexibility index (Phi) is 4.94. The van der Waals surface area contributed by atoms with Crippen LogP contribution in [0.25, 0.3) is 0 Å². The number of hydrogen-bond donors (Lipinski definition) is 0. The number of nitro benzene ring substituents is 1. The van der Waals surface area contributed by atoms with Gasteiger partial charge < -0.3 is 4.90 Å². The van der Waals surface area contributed by atoms with Gasteiger partial charge in [-0.05, 0) is 29.8 Å². The molecule has 2 aromatic carbocycles. The van der Waals surface area contributed by atoms with E-state index in [1.165, 1.54) is 36.0 Å². The van der Waals surface area contributed by atoms with Crippen molar-refractivity contribution in [2.75, 3.05) is 17.4 Å². The largest absolute Gasteiger partial charge is 0.344 e. The standard InChI is InChI=1S/C20H15FN4O3S/c21-14-3-7-15(8-4-14)23-11-24-19(26)9-17(18(10-22)20(24)29-12-23)13-1-5-16(6-2-13)25(27)28/h1-8,17H,9,11-12H2/t17-/m0/s1. The minimum absolute atomic E-state index is 0.0364. The summed E-state index contributed by atoms with van der Waals surface area (Å²) in [5, 5.41) is 21.3. The van der Waals surface area contributed by atoms with Crippen molar-refractivity contribution in [1.82, 2.24) is 4.90 Å². The van der Waals surface area contributed by atoms with Crippen molar-refractivity contribution in [1.29, 1.82) is 5.26 Å². The fraction of sp³-hybridized carbons (Fsp3) is 0.200. The number of halogens is 1. The molecule has 1 atom stereocenters. The topological polar surface area (TPSA) is 90.5 Å². The third kappa shape index (κ3) is 3.54. The number of carbonyl (C=O) groups is 1. The number of non-ortho nitro benzene ring substituents is 1. The molecule has 0 aromatic heterocycles. The summed E-state index contributed by atoms with van der Waals surface area (Å²) in [6.45, 7) is 0.283. The molecule has 2 aromatic rings. The molecule has 9 heteroatoms. The third-order valence-corrected chi connectivity index (χ3v) is 6.15. The first kappa shape index (κ1) is 19.0. The minimum atomic E-state index is -0.484. The van der Waals surface area contributed by atoms with Gasteiger partial charge in [-0.25, -0.2) is 4.39 Å². The second-order valence-corrected chi connectivity index (χ2v) is 7.62. The van der Waals surface area contributed by atoms with Gasteiger partial charge in [-0.3, -0.25) is 19.8 Å². The zero-order valence-electron chi connectivity index (χ0n) is 15.1. The van der Waals surface area contributed by atoms with E-state index < -0.39 is 10.8 Å². The van der Waals surface area contributed by atoms with Gasteiger partial charge in [0.1, 0.15) is 5.82 Å². The molecule has 0 spiro atoms. The summed E-state index contributed by atoms with van der Waals surface area (Å²) in [7, 11) is 0. The molecule has 1 amide bonds. The number of amides is 1. The quantitative estimate of drug-likeness (QED) is 0.562. The van der Waals surface area contributed by atoms with E-state index >= 15 is 0 Å². The molecule has 146 valence electrons. The highest BCUT2D eigenvalue weighted by Crippen LogP contribution is 2.43. The van der Waals surface area contributed by atoms with Crippen LogP contribution in [0.5, 0.6) is 0 Å². The first-order chi connectivity index (χ1) is 14.0. The predicted octanol–water partition coefficient (Wildman–Crippen LogP) is 3.95. The van der Waals surface area contributed by atoms with Crippen LogP contribution in [0.2, 0.25) is 0 Å². The molecule has 2 aliphatic rings. The SMILES string of the molecule is N#CC1=C2SCN(c3ccc(F)cc3)CN2C(=O)C[C@H]1c1ccc([N+](=O)[O-])cc1. The van der Waals surface area contributed by atoms with Crippen molar-refractivity contribution < 1.29 is 14.1 Å². The number of anilines is 1. The molecule has 0 bridgehead atoms. The summed E-state index contributed by atoms with van der Waals surface area (Å²) in [5.41, 5.74) is 1.95. The van der Waals surface area contributed by atoms with Gasteiger partial charge in [-0.2, -0.15) is 5.26 Å². The van der Waals surface area contributed by atoms with Crippen molar-refractivity contribution >= 4 is 29.0 Å². The lowest BCUT2D eigenvalue weighted by Gasteiger charge is -2.42. The zero-order chi connectivity index (χ0) is 20.5. The normalized spacial score (nSPS) is 19.0. The van der Waals surface area contributed by atoms with Gasteiger partial charge in [-0.15, -0.1) is 0 Å². The fourth-order valence-corrected chi connectivity index (χ4v) is 4.66. The van der Waals surface area contributed by atoms with E-state index in [4.69, 9.17) is 0 Å². The molecule has 2 heterocycles. The van der Waals surface area contributed by atoms with E-state index in [1.807, 2.05) is 4.90 Å². The number of nitro groups is 1. The van der Waals surface area contributed by atoms with Crippen LogP contribution in [0.1, 0.15) is 17.9 Å². The van der Waals surface area contributed by atoms with Crippen LogP contribution in [-0.4, -0.2) is 28.3 Å². The maximum Gasteiger partial charge on any atom is 0.269 e. The van der Waals surface area contributed by atoms with Crippen LogP contribution in [0.15, 0.2) is 59.1 Å². The van der Waals surface area contributed by atoms with E-state index in [-0.39, 0.29) is 30.5 Å². The Hall–Kier alpha value is -3.38. The Morgan fingerprint density at radius 2 is 1.86 bits per heavy atom. The summed E-state index contributed by atoms with van der Waals surface area (Å²) in [6, 6.07) is 14.3. The molecule has 2 aliphatic heterocycles. The van der Waals surface area contributed by atoms with E-state index in [0.29, 0.717) is 22.0 Å². The van der Waals surface area contributed by atoms with Crippen LogP contribution in [0, 0.1) is 27.3 Å². The van der Waals surface area contributed by atoms with Crippen LogP contribution in [0.4, 0.5) is 15.8 Å². The summed E-state index contributed by atoms with van der Waals surface area (Å²) in [4.78, 5) is 26.8. The monoisotopic (exact) mass is 410 g/mol. The smallest absolute Gasteiger partial charge is 0.269 e. The second-order valence-electron chi connectivity index (χ2n) is 6.69. The Labute approximate surface area is 170 Å². The molecule has 1 saturated heterocycles. The zero-order valence-corrected chi connectivity index (χ0v) is 15.9. The summed E-state index contributed by atoms with van der Waals surface area (Å²) >= 11 is 1.38. The molecule has 1 fully saturated rings. The number of rotatable bonds is 3. The lowest BCUT2D eigenvalue weighted by Crippen LogP contribution is -2.47. The van der Waals surface area contributed by atoms with Crippen molar-refractivity contribution in [3.05, 3.63) is 80.6 Å². The fourth-order valence-electron chi connectivity index (χ4n) is 3.49. The number of nitrogens with zero attached hydrogens (tertiary/aromatic N) is 4. The van der Waals surface area contributed by atoms with Crippen LogP contribution in [-0.2, 0) is 4.79 Å². The third-order valence-electron chi connectivity index (χ3n) is 4.99. The van der Waals surface area contributed by atoms with Gasteiger partial charge in [0.05, 0.1) is 34.1 Å². The van der Waals surface area contributed by atoms with Gasteiger partial charge in [0, 0.05) is 30.2 Å². The summed E-state index contributed by atoms with van der Waals surface area (Å²) in [5.74, 6) is -0.361. The number of nitriles is 1. The lowest BCUT2D eigenvalue weighted by atomic mass is 9.86. The number of thioether (sulfide) groups is 1. The van der Waals surface area contributed by atoms with E-state index in [9.17, 15) is 24.6 Å². The van der Waals surface area contributed by atoms with E-state index in [2.05, 4.69) is 6.07 Å². The molecular weight excluding hydrogens is 395 g/mol. The Morgan fingerprint density at radius 3 is 2.48 bits per heavy atom. The lowest BCUT2D eigenvalue weighted by molar-refractivity contribution is -0.384. The first-order valence-electron chi connectivity index (χ1n) is 8.80. The molecule has 0 saturated carbocycles. The molecule has 0 unspecified atom stereocenters. The highest BCUT2D eigenvalue weighted by Gasteiger charge is 2.38. The molecule has 0 radical (unpaired) electrons. The van der Waals surface area contributed by atoms with Gasteiger partial charge >= 0.3 is 0 Å². The molecular formula is C20H15FN4O3S. The van der Waals surface area contributed by atoms with Gasteiger partial charge in [0.25, 0.3) is 5.69 Å². The Morgan fingerprint density at radius 1 is 1.17 bits per heavy atom. The molecule has 0 aliphatic carbocycles. The van der Waals surface area contributed by atoms with Crippen LogP contribution in [0.3, 0.4) is 0 Å². The Bertz CT molecular complexity index is 1050. The van der Waals surface area contributed by atoms with Crippen LogP contribution < -0.4 is 4.90 Å². The Balaban J connectivity index is 1.63. The molecule has 29 heavy (non-hydrogen) atoms. The van der Waals surface area contributed by atoms with Crippen LogP contribution >= 0.6 is 11.8 Å². The van der Waals surface area contributed by atoms with E-state index in [0.717, 1.165) is 5.69 Å². The first-order valence-corrected chi connectivity index (χ1v) is 9.79. The number of hydrogen-bond acceptors (Lipinski definition) is 6. The van der Waals surface area contributed by atoms with Crippen molar-refractivity contribution in [2.24, 2.45) is 0 Å². The molecule has 7 nitrogen and oxygen atoms in total.